The van der Waals surface area contributed by atoms with E-state index in [-0.39, 0.29) is 0 Å². The van der Waals surface area contributed by atoms with Gasteiger partial charge in [-0.25, -0.2) is 0 Å². The standard InChI is InChI=1S/C14H15N/c1-10-7-8-13(11(2)9-10)14-6-4-5-12(3)15-14/h4-9H,1-3H3. The van der Waals surface area contributed by atoms with Gasteiger partial charge in [0.25, 0.3) is 0 Å². The Hall–Kier alpha value is -1.63. The van der Waals surface area contributed by atoms with Crippen LogP contribution in [0.4, 0.5) is 0 Å². The van der Waals surface area contributed by atoms with Crippen LogP contribution >= 0.6 is 0 Å². The van der Waals surface area contributed by atoms with Crippen LogP contribution in [0.15, 0.2) is 36.4 Å². The summed E-state index contributed by atoms with van der Waals surface area (Å²) in [6.07, 6.45) is 0. The molecule has 0 spiro atoms. The van der Waals surface area contributed by atoms with Gasteiger partial charge in [0, 0.05) is 11.3 Å². The molecule has 0 aliphatic carbocycles. The van der Waals surface area contributed by atoms with Gasteiger partial charge in [0.2, 0.25) is 0 Å². The number of pyridine rings is 1. The topological polar surface area (TPSA) is 12.9 Å². The molecule has 1 aromatic heterocycles. The van der Waals surface area contributed by atoms with Crippen molar-refractivity contribution in [3.8, 4) is 11.3 Å². The molecular weight excluding hydrogens is 182 g/mol. The third kappa shape index (κ3) is 2.07. The third-order valence-electron chi connectivity index (χ3n) is 2.55. The summed E-state index contributed by atoms with van der Waals surface area (Å²) in [6, 6.07) is 12.6. The second-order valence-electron chi connectivity index (χ2n) is 3.98. The normalized spacial score (nSPS) is 10.3. The molecule has 0 aliphatic rings. The highest BCUT2D eigenvalue weighted by Crippen LogP contribution is 2.22. The fourth-order valence-corrected chi connectivity index (χ4v) is 1.79. The zero-order valence-corrected chi connectivity index (χ0v) is 9.41. The molecule has 76 valence electrons. The van der Waals surface area contributed by atoms with Gasteiger partial charge in [0.05, 0.1) is 5.69 Å². The highest BCUT2D eigenvalue weighted by atomic mass is 14.7. The van der Waals surface area contributed by atoms with Crippen LogP contribution in [0.1, 0.15) is 16.8 Å². The number of hydrogen-bond donors (Lipinski definition) is 0. The van der Waals surface area contributed by atoms with Crippen molar-refractivity contribution in [2.24, 2.45) is 0 Å². The molecular formula is C14H15N. The van der Waals surface area contributed by atoms with Crippen molar-refractivity contribution < 1.29 is 0 Å². The van der Waals surface area contributed by atoms with E-state index in [0.29, 0.717) is 0 Å². The molecule has 0 aliphatic heterocycles. The Kier molecular flexibility index (Phi) is 2.55. The van der Waals surface area contributed by atoms with Crippen LogP contribution in [0.5, 0.6) is 0 Å². The fourth-order valence-electron chi connectivity index (χ4n) is 1.79. The van der Waals surface area contributed by atoms with Crippen LogP contribution in [0.3, 0.4) is 0 Å². The van der Waals surface area contributed by atoms with Gasteiger partial charge >= 0.3 is 0 Å². The van der Waals surface area contributed by atoms with Gasteiger partial charge in [-0.1, -0.05) is 29.8 Å². The van der Waals surface area contributed by atoms with Gasteiger partial charge in [-0.15, -0.1) is 0 Å². The zero-order chi connectivity index (χ0) is 10.8. The van der Waals surface area contributed by atoms with E-state index in [1.54, 1.807) is 0 Å². The van der Waals surface area contributed by atoms with E-state index in [0.717, 1.165) is 11.4 Å². The molecule has 0 saturated carbocycles. The third-order valence-corrected chi connectivity index (χ3v) is 2.55. The first-order chi connectivity index (χ1) is 7.16. The first-order valence-electron chi connectivity index (χ1n) is 5.18. The molecule has 1 nitrogen and oxygen atoms in total. The minimum Gasteiger partial charge on any atom is -0.253 e. The summed E-state index contributed by atoms with van der Waals surface area (Å²) in [4.78, 5) is 4.53. The largest absolute Gasteiger partial charge is 0.253 e. The van der Waals surface area contributed by atoms with Crippen molar-refractivity contribution in [3.63, 3.8) is 0 Å². The van der Waals surface area contributed by atoms with Gasteiger partial charge in [-0.2, -0.15) is 0 Å². The second-order valence-corrected chi connectivity index (χ2v) is 3.98. The number of benzene rings is 1. The number of hydrogen-bond acceptors (Lipinski definition) is 1. The van der Waals surface area contributed by atoms with Crippen molar-refractivity contribution in [2.75, 3.05) is 0 Å². The van der Waals surface area contributed by atoms with E-state index in [2.05, 4.69) is 49.2 Å². The molecule has 0 fully saturated rings. The van der Waals surface area contributed by atoms with Crippen LogP contribution < -0.4 is 0 Å². The molecule has 2 rings (SSSR count). The van der Waals surface area contributed by atoms with Gasteiger partial charge in [0.15, 0.2) is 0 Å². The SMILES string of the molecule is Cc1ccc(-c2cccc(C)n2)c(C)c1. The Labute approximate surface area is 90.8 Å². The van der Waals surface area contributed by atoms with E-state index in [9.17, 15) is 0 Å². The lowest BCUT2D eigenvalue weighted by molar-refractivity contribution is 1.20. The summed E-state index contributed by atoms with van der Waals surface area (Å²) in [5.74, 6) is 0. The Morgan fingerprint density at radius 3 is 2.40 bits per heavy atom. The Morgan fingerprint density at radius 2 is 1.73 bits per heavy atom. The molecule has 0 bridgehead atoms. The predicted octanol–water partition coefficient (Wildman–Crippen LogP) is 3.67. The number of aromatic nitrogens is 1. The smallest absolute Gasteiger partial charge is 0.0707 e. The molecule has 1 heterocycles. The molecule has 0 amide bonds. The van der Waals surface area contributed by atoms with E-state index in [4.69, 9.17) is 0 Å². The quantitative estimate of drug-likeness (QED) is 0.679. The van der Waals surface area contributed by atoms with Crippen LogP contribution in [-0.4, -0.2) is 4.98 Å². The molecule has 0 atom stereocenters. The number of nitrogens with zero attached hydrogens (tertiary/aromatic N) is 1. The molecule has 0 radical (unpaired) electrons. The van der Waals surface area contributed by atoms with Crippen molar-refractivity contribution in [1.29, 1.82) is 0 Å². The summed E-state index contributed by atoms with van der Waals surface area (Å²) in [5.41, 5.74) is 5.93. The molecule has 15 heavy (non-hydrogen) atoms. The minimum absolute atomic E-state index is 1.06. The second kappa shape index (κ2) is 3.85. The van der Waals surface area contributed by atoms with Crippen LogP contribution in [0.25, 0.3) is 11.3 Å². The average molecular weight is 197 g/mol. The molecule has 0 saturated heterocycles. The highest BCUT2D eigenvalue weighted by molar-refractivity contribution is 5.63. The molecule has 1 aromatic carbocycles. The van der Waals surface area contributed by atoms with Crippen LogP contribution in [-0.2, 0) is 0 Å². The minimum atomic E-state index is 1.06. The van der Waals surface area contributed by atoms with Crippen LogP contribution in [0, 0.1) is 20.8 Å². The predicted molar refractivity (Wildman–Crippen MR) is 63.9 cm³/mol. The van der Waals surface area contributed by atoms with E-state index >= 15 is 0 Å². The highest BCUT2D eigenvalue weighted by Gasteiger charge is 2.02. The zero-order valence-electron chi connectivity index (χ0n) is 9.41. The van der Waals surface area contributed by atoms with Crippen molar-refractivity contribution in [2.45, 2.75) is 20.8 Å². The van der Waals surface area contributed by atoms with Crippen molar-refractivity contribution in [1.82, 2.24) is 4.98 Å². The van der Waals surface area contributed by atoms with E-state index in [1.165, 1.54) is 16.7 Å². The molecule has 0 unspecified atom stereocenters. The van der Waals surface area contributed by atoms with Crippen molar-refractivity contribution in [3.05, 3.63) is 53.2 Å². The van der Waals surface area contributed by atoms with Gasteiger partial charge in [0.1, 0.15) is 0 Å². The molecule has 1 heteroatoms. The average Bonchev–Trinajstić information content (AvgIpc) is 2.17. The van der Waals surface area contributed by atoms with Gasteiger partial charge in [-0.3, -0.25) is 4.98 Å². The first-order valence-corrected chi connectivity index (χ1v) is 5.18. The Balaban J connectivity index is 2.54. The summed E-state index contributed by atoms with van der Waals surface area (Å²) >= 11 is 0. The first kappa shape index (κ1) is 9.91. The Bertz CT molecular complexity index is 486. The summed E-state index contributed by atoms with van der Waals surface area (Å²) < 4.78 is 0. The maximum Gasteiger partial charge on any atom is 0.0707 e. The lowest BCUT2D eigenvalue weighted by atomic mass is 10.0. The van der Waals surface area contributed by atoms with Gasteiger partial charge < -0.3 is 0 Å². The lowest BCUT2D eigenvalue weighted by Crippen LogP contribution is -1.89. The maximum atomic E-state index is 4.53. The van der Waals surface area contributed by atoms with E-state index in [1.807, 2.05) is 13.0 Å². The summed E-state index contributed by atoms with van der Waals surface area (Å²) in [6.45, 7) is 6.26. The monoisotopic (exact) mass is 197 g/mol. The van der Waals surface area contributed by atoms with Crippen molar-refractivity contribution >= 4 is 0 Å². The number of rotatable bonds is 1. The molecule has 0 N–H and O–H groups in total. The van der Waals surface area contributed by atoms with E-state index < -0.39 is 0 Å². The van der Waals surface area contributed by atoms with Crippen LogP contribution in [0.2, 0.25) is 0 Å². The number of aryl methyl sites for hydroxylation is 3. The molecule has 2 aromatic rings. The Morgan fingerprint density at radius 1 is 0.933 bits per heavy atom. The van der Waals surface area contributed by atoms with Gasteiger partial charge in [-0.05, 0) is 38.5 Å². The lowest BCUT2D eigenvalue weighted by Gasteiger charge is -2.06. The fraction of sp³-hybridized carbons (Fsp3) is 0.214. The summed E-state index contributed by atoms with van der Waals surface area (Å²) in [5, 5.41) is 0. The summed E-state index contributed by atoms with van der Waals surface area (Å²) in [7, 11) is 0. The maximum absolute atomic E-state index is 4.53.